The van der Waals surface area contributed by atoms with Gasteiger partial charge in [0.15, 0.2) is 5.78 Å². The van der Waals surface area contributed by atoms with Crippen molar-refractivity contribution in [2.75, 3.05) is 0 Å². The van der Waals surface area contributed by atoms with E-state index in [-0.39, 0.29) is 5.78 Å². The molecule has 2 rings (SSSR count). The Hall–Kier alpha value is -2.00. The average Bonchev–Trinajstić information content (AvgIpc) is 2.56. The van der Waals surface area contributed by atoms with Crippen LogP contribution in [0.25, 0.3) is 0 Å². The number of rotatable bonds is 7. The third-order valence-electron chi connectivity index (χ3n) is 3.39. The van der Waals surface area contributed by atoms with Crippen LogP contribution >= 0.6 is 23.8 Å². The van der Waals surface area contributed by atoms with Gasteiger partial charge in [0, 0.05) is 5.56 Å². The van der Waals surface area contributed by atoms with E-state index in [4.69, 9.17) is 16.3 Å². The SMILES string of the molecule is CC(C)CC(N=C=S)C(=O)c1ccc(Oc2ccccc2)c(Cl)c1. The number of hydrogen-bond donors (Lipinski definition) is 0. The Bertz CT molecular complexity index is 755. The molecule has 3 nitrogen and oxygen atoms in total. The molecule has 0 N–H and O–H groups in total. The summed E-state index contributed by atoms with van der Waals surface area (Å²) in [5, 5.41) is 2.69. The smallest absolute Gasteiger partial charge is 0.188 e. The lowest BCUT2D eigenvalue weighted by Gasteiger charge is -2.14. The van der Waals surface area contributed by atoms with Crippen LogP contribution in [0.3, 0.4) is 0 Å². The van der Waals surface area contributed by atoms with E-state index in [1.807, 2.05) is 44.2 Å². The predicted molar refractivity (Wildman–Crippen MR) is 101 cm³/mol. The number of Topliss-reactive ketones (excluding diaryl/α,β-unsaturated/α-hetero) is 1. The minimum absolute atomic E-state index is 0.116. The molecule has 0 saturated heterocycles. The van der Waals surface area contributed by atoms with Crippen molar-refractivity contribution in [2.24, 2.45) is 10.9 Å². The number of isothiocyanates is 1. The molecule has 2 aromatic rings. The molecule has 0 radical (unpaired) electrons. The third kappa shape index (κ3) is 5.00. The molecule has 0 saturated carbocycles. The summed E-state index contributed by atoms with van der Waals surface area (Å²) in [6.07, 6.45) is 0.613. The molecular weight excluding hydrogens is 342 g/mol. The molecule has 1 unspecified atom stereocenters. The Morgan fingerprint density at radius 3 is 2.54 bits per heavy atom. The molecule has 0 aliphatic heterocycles. The van der Waals surface area contributed by atoms with Crippen molar-refractivity contribution < 1.29 is 9.53 Å². The zero-order chi connectivity index (χ0) is 17.5. The molecule has 0 fully saturated rings. The number of nitrogens with zero attached hydrogens (tertiary/aromatic N) is 1. The highest BCUT2D eigenvalue weighted by atomic mass is 35.5. The van der Waals surface area contributed by atoms with E-state index < -0.39 is 6.04 Å². The van der Waals surface area contributed by atoms with E-state index in [2.05, 4.69) is 22.4 Å². The maximum Gasteiger partial charge on any atom is 0.188 e. The van der Waals surface area contributed by atoms with Crippen LogP contribution in [0, 0.1) is 5.92 Å². The van der Waals surface area contributed by atoms with Crippen LogP contribution in [-0.2, 0) is 0 Å². The van der Waals surface area contributed by atoms with E-state index in [1.54, 1.807) is 18.2 Å². The topological polar surface area (TPSA) is 38.7 Å². The number of carbonyl (C=O) groups is 1. The Labute approximate surface area is 152 Å². The van der Waals surface area contributed by atoms with Gasteiger partial charge in [-0.25, -0.2) is 4.99 Å². The fourth-order valence-corrected chi connectivity index (χ4v) is 2.62. The van der Waals surface area contributed by atoms with Crippen LogP contribution < -0.4 is 4.74 Å². The molecule has 0 aromatic heterocycles. The Morgan fingerprint density at radius 2 is 1.96 bits per heavy atom. The monoisotopic (exact) mass is 359 g/mol. The first-order chi connectivity index (χ1) is 11.5. The third-order valence-corrected chi connectivity index (χ3v) is 3.79. The molecule has 124 valence electrons. The summed E-state index contributed by atoms with van der Waals surface area (Å²) in [4.78, 5) is 16.6. The largest absolute Gasteiger partial charge is 0.456 e. The van der Waals surface area contributed by atoms with E-state index in [9.17, 15) is 4.79 Å². The maximum absolute atomic E-state index is 12.6. The van der Waals surface area contributed by atoms with Gasteiger partial charge in [0.05, 0.1) is 10.2 Å². The van der Waals surface area contributed by atoms with Gasteiger partial charge in [-0.3, -0.25) is 4.79 Å². The number of halogens is 1. The molecule has 0 aliphatic rings. The summed E-state index contributed by atoms with van der Waals surface area (Å²) in [5.74, 6) is 1.39. The van der Waals surface area contributed by atoms with Crippen molar-refractivity contribution in [3.05, 3.63) is 59.1 Å². The number of ketones is 1. The Balaban J connectivity index is 2.21. The molecule has 2 aromatic carbocycles. The number of ether oxygens (including phenoxy) is 1. The van der Waals surface area contributed by atoms with Crippen molar-refractivity contribution in [3.8, 4) is 11.5 Å². The lowest BCUT2D eigenvalue weighted by molar-refractivity contribution is 0.0952. The zero-order valence-corrected chi connectivity index (χ0v) is 15.1. The first kappa shape index (κ1) is 18.3. The van der Waals surface area contributed by atoms with Crippen molar-refractivity contribution in [1.29, 1.82) is 0 Å². The summed E-state index contributed by atoms with van der Waals surface area (Å²) < 4.78 is 5.72. The molecule has 0 aliphatic carbocycles. The molecule has 24 heavy (non-hydrogen) atoms. The van der Waals surface area contributed by atoms with Crippen molar-refractivity contribution in [3.63, 3.8) is 0 Å². The molecule has 0 amide bonds. The number of carbonyl (C=O) groups excluding carboxylic acids is 1. The van der Waals surface area contributed by atoms with Gasteiger partial charge in [-0.15, -0.1) is 0 Å². The van der Waals surface area contributed by atoms with Gasteiger partial charge in [-0.1, -0.05) is 43.6 Å². The number of aliphatic imine (C=N–C) groups is 1. The molecule has 0 bridgehead atoms. The number of para-hydroxylation sites is 1. The van der Waals surface area contributed by atoms with Gasteiger partial charge >= 0.3 is 0 Å². The summed E-state index contributed by atoms with van der Waals surface area (Å²) >= 11 is 10.9. The fraction of sp³-hybridized carbons (Fsp3) is 0.263. The summed E-state index contributed by atoms with van der Waals surface area (Å²) in [6.45, 7) is 4.06. The van der Waals surface area contributed by atoms with Crippen LogP contribution in [0.15, 0.2) is 53.5 Å². The van der Waals surface area contributed by atoms with Crippen LogP contribution in [0.4, 0.5) is 0 Å². The van der Waals surface area contributed by atoms with E-state index in [1.165, 1.54) is 0 Å². The van der Waals surface area contributed by atoms with Gasteiger partial charge in [0.2, 0.25) is 0 Å². The second kappa shape index (κ2) is 8.74. The van der Waals surface area contributed by atoms with Crippen LogP contribution in [0.5, 0.6) is 11.5 Å². The lowest BCUT2D eigenvalue weighted by Crippen LogP contribution is -2.20. The van der Waals surface area contributed by atoms with E-state index in [0.29, 0.717) is 34.4 Å². The van der Waals surface area contributed by atoms with E-state index >= 15 is 0 Å². The lowest BCUT2D eigenvalue weighted by atomic mass is 9.96. The quantitative estimate of drug-likeness (QED) is 0.354. The standard InChI is InChI=1S/C19H18ClNO2S/c1-13(2)10-17(21-12-24)19(22)14-8-9-18(16(20)11-14)23-15-6-4-3-5-7-15/h3-9,11,13,17H,10H2,1-2H3. The molecule has 0 spiro atoms. The Morgan fingerprint density at radius 1 is 1.25 bits per heavy atom. The first-order valence-electron chi connectivity index (χ1n) is 7.65. The number of hydrogen-bond acceptors (Lipinski definition) is 4. The number of thiocarbonyl (C=S) groups is 1. The normalized spacial score (nSPS) is 11.7. The van der Waals surface area contributed by atoms with Crippen molar-refractivity contribution in [1.82, 2.24) is 0 Å². The summed E-state index contributed by atoms with van der Waals surface area (Å²) in [7, 11) is 0. The van der Waals surface area contributed by atoms with Gasteiger partial charge < -0.3 is 4.74 Å². The van der Waals surface area contributed by atoms with Crippen LogP contribution in [0.1, 0.15) is 30.6 Å². The second-order valence-corrected chi connectivity index (χ2v) is 6.38. The highest BCUT2D eigenvalue weighted by Gasteiger charge is 2.21. The highest BCUT2D eigenvalue weighted by Crippen LogP contribution is 2.30. The van der Waals surface area contributed by atoms with Gasteiger partial charge in [-0.05, 0) is 54.9 Å². The Kier molecular flexibility index (Phi) is 6.68. The summed E-state index contributed by atoms with van der Waals surface area (Å²) in [6, 6.07) is 13.8. The van der Waals surface area contributed by atoms with Gasteiger partial charge in [0.25, 0.3) is 0 Å². The molecular formula is C19H18ClNO2S. The highest BCUT2D eigenvalue weighted by molar-refractivity contribution is 7.78. The molecule has 0 heterocycles. The predicted octanol–water partition coefficient (Wildman–Crippen LogP) is 5.83. The molecule has 5 heteroatoms. The van der Waals surface area contributed by atoms with Crippen LogP contribution in [0.2, 0.25) is 5.02 Å². The van der Waals surface area contributed by atoms with Crippen molar-refractivity contribution >= 4 is 34.8 Å². The maximum atomic E-state index is 12.6. The fourth-order valence-electron chi connectivity index (χ4n) is 2.27. The zero-order valence-electron chi connectivity index (χ0n) is 13.5. The second-order valence-electron chi connectivity index (χ2n) is 5.79. The molecule has 1 atom stereocenters. The van der Waals surface area contributed by atoms with E-state index in [0.717, 1.165) is 0 Å². The average molecular weight is 360 g/mol. The minimum atomic E-state index is -0.528. The summed E-state index contributed by atoms with van der Waals surface area (Å²) in [5.41, 5.74) is 0.486. The van der Waals surface area contributed by atoms with Crippen LogP contribution in [-0.4, -0.2) is 17.0 Å². The van der Waals surface area contributed by atoms with Gasteiger partial charge in [-0.2, -0.15) is 0 Å². The number of benzene rings is 2. The first-order valence-corrected chi connectivity index (χ1v) is 8.43. The van der Waals surface area contributed by atoms with Crippen molar-refractivity contribution in [2.45, 2.75) is 26.3 Å². The van der Waals surface area contributed by atoms with Gasteiger partial charge in [0.1, 0.15) is 17.5 Å². The minimum Gasteiger partial charge on any atom is -0.456 e.